The number of pyridine rings is 1. The first-order chi connectivity index (χ1) is 13.7. The summed E-state index contributed by atoms with van der Waals surface area (Å²) in [4.78, 5) is 21.5. The molecule has 1 spiro atoms. The van der Waals surface area contributed by atoms with Crippen molar-refractivity contribution in [3.8, 4) is 0 Å². The van der Waals surface area contributed by atoms with E-state index in [1.165, 1.54) is 24.0 Å². The number of hydrogen-bond donors (Lipinski definition) is 0. The first-order valence-corrected chi connectivity index (χ1v) is 10.6. The van der Waals surface area contributed by atoms with E-state index in [9.17, 15) is 4.79 Å². The Labute approximate surface area is 168 Å². The topological polar surface area (TPSA) is 36.4 Å². The van der Waals surface area contributed by atoms with Gasteiger partial charge in [-0.2, -0.15) is 0 Å². The minimum atomic E-state index is 0.288. The Balaban J connectivity index is 1.37. The lowest BCUT2D eigenvalue weighted by molar-refractivity contribution is -0.140. The van der Waals surface area contributed by atoms with Gasteiger partial charge in [-0.3, -0.25) is 14.7 Å². The Hall–Kier alpha value is -2.20. The molecule has 2 aromatic rings. The fraction of sp³-hybridized carbons (Fsp3) is 0.500. The molecule has 0 aliphatic carbocycles. The third kappa shape index (κ3) is 4.27. The quantitative estimate of drug-likeness (QED) is 0.789. The van der Waals surface area contributed by atoms with Crippen LogP contribution in [0.3, 0.4) is 0 Å². The molecule has 4 nitrogen and oxygen atoms in total. The van der Waals surface area contributed by atoms with Gasteiger partial charge in [0.05, 0.1) is 12.2 Å². The maximum absolute atomic E-state index is 12.5. The molecule has 3 heterocycles. The van der Waals surface area contributed by atoms with E-state index < -0.39 is 0 Å². The minimum Gasteiger partial charge on any atom is -0.336 e. The highest BCUT2D eigenvalue weighted by Gasteiger charge is 2.40. The van der Waals surface area contributed by atoms with E-state index >= 15 is 0 Å². The molecule has 1 aromatic heterocycles. The largest absolute Gasteiger partial charge is 0.336 e. The molecular weight excluding hydrogens is 346 g/mol. The van der Waals surface area contributed by atoms with E-state index in [0.717, 1.165) is 44.7 Å². The normalized spacial score (nSPS) is 19.9. The van der Waals surface area contributed by atoms with E-state index in [-0.39, 0.29) is 5.91 Å². The molecule has 2 aliphatic rings. The number of likely N-dealkylation sites (tertiary alicyclic amines) is 2. The molecule has 2 saturated heterocycles. The van der Waals surface area contributed by atoms with Crippen molar-refractivity contribution in [1.29, 1.82) is 0 Å². The molecule has 4 heteroatoms. The highest BCUT2D eigenvalue weighted by atomic mass is 16.2. The number of aromatic nitrogens is 1. The summed E-state index contributed by atoms with van der Waals surface area (Å²) in [6.45, 7) is 7.08. The van der Waals surface area contributed by atoms with Gasteiger partial charge in [0, 0.05) is 25.7 Å². The van der Waals surface area contributed by atoms with Gasteiger partial charge < -0.3 is 4.90 Å². The molecule has 1 aromatic carbocycles. The number of amides is 1. The van der Waals surface area contributed by atoms with Crippen molar-refractivity contribution < 1.29 is 4.79 Å². The summed E-state index contributed by atoms with van der Waals surface area (Å²) in [6, 6.07) is 14.8. The lowest BCUT2D eigenvalue weighted by Crippen LogP contribution is -2.51. The molecule has 28 heavy (non-hydrogen) atoms. The van der Waals surface area contributed by atoms with Crippen molar-refractivity contribution >= 4 is 5.91 Å². The number of hydrogen-bond acceptors (Lipinski definition) is 3. The number of benzene rings is 1. The Bertz CT molecular complexity index is 797. The van der Waals surface area contributed by atoms with Crippen LogP contribution in [-0.2, 0) is 24.3 Å². The summed E-state index contributed by atoms with van der Waals surface area (Å²) >= 11 is 0. The molecule has 0 N–H and O–H groups in total. The van der Waals surface area contributed by atoms with Crippen molar-refractivity contribution in [2.75, 3.05) is 19.6 Å². The van der Waals surface area contributed by atoms with E-state index in [1.54, 1.807) is 0 Å². The third-order valence-corrected chi connectivity index (χ3v) is 6.64. The highest BCUT2D eigenvalue weighted by molar-refractivity contribution is 5.77. The van der Waals surface area contributed by atoms with E-state index in [4.69, 9.17) is 0 Å². The van der Waals surface area contributed by atoms with Crippen LogP contribution in [0.25, 0.3) is 0 Å². The van der Waals surface area contributed by atoms with Crippen molar-refractivity contribution in [3.05, 3.63) is 65.5 Å². The van der Waals surface area contributed by atoms with Crippen LogP contribution in [0.4, 0.5) is 0 Å². The predicted octanol–water partition coefficient (Wildman–Crippen LogP) is 4.05. The number of rotatable bonds is 5. The lowest BCUT2D eigenvalue weighted by atomic mass is 9.72. The standard InChI is InChI=1S/C24H31N3O/c1-2-20-7-3-4-8-21(20)17-26-15-12-24(13-16-26)11-10-23(28)27(19-24)18-22-9-5-6-14-25-22/h3-9,14H,2,10-13,15-19H2,1H3. The van der Waals surface area contributed by atoms with Crippen LogP contribution in [-0.4, -0.2) is 40.3 Å². The number of carbonyl (C=O) groups is 1. The van der Waals surface area contributed by atoms with Gasteiger partial charge in [0.15, 0.2) is 0 Å². The predicted molar refractivity (Wildman–Crippen MR) is 112 cm³/mol. The first kappa shape index (κ1) is 19.1. The molecule has 4 rings (SSSR count). The van der Waals surface area contributed by atoms with Gasteiger partial charge in [-0.15, -0.1) is 0 Å². The van der Waals surface area contributed by atoms with Crippen molar-refractivity contribution in [3.63, 3.8) is 0 Å². The van der Waals surface area contributed by atoms with Crippen LogP contribution < -0.4 is 0 Å². The Morgan fingerprint density at radius 3 is 2.43 bits per heavy atom. The van der Waals surface area contributed by atoms with Gasteiger partial charge in [-0.1, -0.05) is 37.3 Å². The zero-order valence-corrected chi connectivity index (χ0v) is 16.9. The monoisotopic (exact) mass is 377 g/mol. The summed E-state index contributed by atoms with van der Waals surface area (Å²) in [5, 5.41) is 0. The molecule has 0 bridgehead atoms. The molecule has 2 aliphatic heterocycles. The molecule has 0 atom stereocenters. The Morgan fingerprint density at radius 2 is 1.71 bits per heavy atom. The molecule has 1 amide bonds. The number of aryl methyl sites for hydroxylation is 1. The summed E-state index contributed by atoms with van der Waals surface area (Å²) in [5.41, 5.74) is 4.22. The van der Waals surface area contributed by atoms with Crippen LogP contribution in [0, 0.1) is 5.41 Å². The van der Waals surface area contributed by atoms with E-state index in [2.05, 4.69) is 41.1 Å². The number of carbonyl (C=O) groups excluding carboxylic acids is 1. The summed E-state index contributed by atoms with van der Waals surface area (Å²) in [5.74, 6) is 0.288. The zero-order valence-electron chi connectivity index (χ0n) is 16.9. The third-order valence-electron chi connectivity index (χ3n) is 6.64. The molecule has 2 fully saturated rings. The van der Waals surface area contributed by atoms with E-state index in [1.807, 2.05) is 29.3 Å². The zero-order chi connectivity index (χ0) is 19.4. The number of piperidine rings is 2. The van der Waals surface area contributed by atoms with Gasteiger partial charge >= 0.3 is 0 Å². The second-order valence-corrected chi connectivity index (χ2v) is 8.47. The van der Waals surface area contributed by atoms with Crippen LogP contribution in [0.5, 0.6) is 0 Å². The van der Waals surface area contributed by atoms with Crippen LogP contribution in [0.2, 0.25) is 0 Å². The van der Waals surface area contributed by atoms with Crippen LogP contribution >= 0.6 is 0 Å². The van der Waals surface area contributed by atoms with Crippen LogP contribution in [0.1, 0.15) is 49.4 Å². The van der Waals surface area contributed by atoms with Gasteiger partial charge in [-0.25, -0.2) is 0 Å². The van der Waals surface area contributed by atoms with Gasteiger partial charge in [0.2, 0.25) is 5.91 Å². The highest BCUT2D eigenvalue weighted by Crippen LogP contribution is 2.40. The van der Waals surface area contributed by atoms with Crippen molar-refractivity contribution in [1.82, 2.24) is 14.8 Å². The van der Waals surface area contributed by atoms with Crippen LogP contribution in [0.15, 0.2) is 48.7 Å². The maximum Gasteiger partial charge on any atom is 0.222 e. The van der Waals surface area contributed by atoms with Crippen molar-refractivity contribution in [2.24, 2.45) is 5.41 Å². The van der Waals surface area contributed by atoms with Gasteiger partial charge in [0.25, 0.3) is 0 Å². The Kier molecular flexibility index (Phi) is 5.77. The van der Waals surface area contributed by atoms with Gasteiger partial charge in [0.1, 0.15) is 0 Å². The first-order valence-electron chi connectivity index (χ1n) is 10.6. The maximum atomic E-state index is 12.5. The van der Waals surface area contributed by atoms with Crippen molar-refractivity contribution in [2.45, 2.75) is 52.1 Å². The molecular formula is C24H31N3O. The fourth-order valence-electron chi connectivity index (χ4n) is 4.82. The van der Waals surface area contributed by atoms with E-state index in [0.29, 0.717) is 18.4 Å². The number of nitrogens with zero attached hydrogens (tertiary/aromatic N) is 3. The average molecular weight is 378 g/mol. The average Bonchev–Trinajstić information content (AvgIpc) is 2.74. The molecule has 0 unspecified atom stereocenters. The molecule has 0 radical (unpaired) electrons. The molecule has 0 saturated carbocycles. The second-order valence-electron chi connectivity index (χ2n) is 8.47. The summed E-state index contributed by atoms with van der Waals surface area (Å²) in [7, 11) is 0. The Morgan fingerprint density at radius 1 is 0.964 bits per heavy atom. The molecule has 148 valence electrons. The summed E-state index contributed by atoms with van der Waals surface area (Å²) < 4.78 is 0. The second kappa shape index (κ2) is 8.44. The smallest absolute Gasteiger partial charge is 0.222 e. The fourth-order valence-corrected chi connectivity index (χ4v) is 4.82. The summed E-state index contributed by atoms with van der Waals surface area (Å²) in [6.07, 6.45) is 7.01. The minimum absolute atomic E-state index is 0.288. The SMILES string of the molecule is CCc1ccccc1CN1CCC2(CCC(=O)N(Cc3ccccn3)C2)CC1. The lowest BCUT2D eigenvalue weighted by Gasteiger charge is -2.47. The van der Waals surface area contributed by atoms with Gasteiger partial charge in [-0.05, 0) is 67.4 Å².